The van der Waals surface area contributed by atoms with Crippen LogP contribution in [0, 0.1) is 17.0 Å². The second kappa shape index (κ2) is 14.0. The summed E-state index contributed by atoms with van der Waals surface area (Å²) < 4.78 is 46.6. The number of hydrogen-bond donors (Lipinski definition) is 1. The van der Waals surface area contributed by atoms with Gasteiger partial charge in [-0.3, -0.25) is 24.4 Å². The summed E-state index contributed by atoms with van der Waals surface area (Å²) in [6.45, 7) is 1.52. The molecule has 6 rings (SSSR count). The third kappa shape index (κ3) is 6.50. The molecule has 0 radical (unpaired) electrons. The molecule has 0 aliphatic carbocycles. The van der Waals surface area contributed by atoms with Gasteiger partial charge in [-0.05, 0) is 48.9 Å². The summed E-state index contributed by atoms with van der Waals surface area (Å²) in [5.74, 6) is 0.539. The number of benzene rings is 4. The number of carbonyl (C=O) groups excluding carboxylic acids is 1. The quantitative estimate of drug-likeness (QED) is 0.105. The molecule has 0 fully saturated rings. The molecule has 2 heterocycles. The highest BCUT2D eigenvalue weighted by atomic mass is 35.5. The molecule has 18 heteroatoms. The Balaban J connectivity index is 1.47. The fourth-order valence-corrected chi connectivity index (χ4v) is 7.24. The number of sulfonamides is 1. The summed E-state index contributed by atoms with van der Waals surface area (Å²) >= 11 is 12.3. The zero-order valence-corrected chi connectivity index (χ0v) is 29.9. The van der Waals surface area contributed by atoms with E-state index in [0.29, 0.717) is 28.4 Å². The van der Waals surface area contributed by atoms with Crippen LogP contribution in [0.1, 0.15) is 17.0 Å². The van der Waals surface area contributed by atoms with E-state index in [1.807, 2.05) is 0 Å². The van der Waals surface area contributed by atoms with Gasteiger partial charge in [0, 0.05) is 17.7 Å². The van der Waals surface area contributed by atoms with Crippen molar-refractivity contribution >= 4 is 73.3 Å². The maximum Gasteiger partial charge on any atom is 0.297 e. The van der Waals surface area contributed by atoms with Crippen LogP contribution in [-0.2, 0) is 14.8 Å². The fourth-order valence-electron chi connectivity index (χ4n) is 5.44. The summed E-state index contributed by atoms with van der Waals surface area (Å²) in [7, 11) is -0.101. The van der Waals surface area contributed by atoms with E-state index in [4.69, 9.17) is 37.4 Å². The minimum Gasteiger partial charge on any atom is -0.493 e. The van der Waals surface area contributed by atoms with Crippen LogP contribution in [0.15, 0.2) is 93.2 Å². The van der Waals surface area contributed by atoms with E-state index in [0.717, 1.165) is 27.9 Å². The zero-order chi connectivity index (χ0) is 37.5. The molecule has 0 unspecified atom stereocenters. The SMILES string of the molecule is COc1cc(C=C2N=C(c3ccccc3)N(n3c(C)nc4ccc(S(=O)(=O)Nc5c(Cl)cc([N+](=O)[O-])cc5Cl)cc4c3=O)C2=O)cc(OC)c1OC. The number of amidine groups is 1. The number of halogens is 2. The van der Waals surface area contributed by atoms with Crippen LogP contribution in [0.25, 0.3) is 17.0 Å². The van der Waals surface area contributed by atoms with Crippen molar-refractivity contribution in [3.8, 4) is 17.2 Å². The number of fused-ring (bicyclic) bond motifs is 1. The number of non-ortho nitro benzene ring substituents is 1. The van der Waals surface area contributed by atoms with Crippen LogP contribution in [-0.4, -0.2) is 56.1 Å². The Hall–Kier alpha value is -5.97. The Bertz CT molecular complexity index is 2490. The molecule has 1 N–H and O–H groups in total. The van der Waals surface area contributed by atoms with Crippen molar-refractivity contribution in [2.45, 2.75) is 11.8 Å². The van der Waals surface area contributed by atoms with E-state index < -0.39 is 32.1 Å². The molecule has 1 aliphatic heterocycles. The first-order valence-corrected chi connectivity index (χ1v) is 17.2. The van der Waals surface area contributed by atoms with Gasteiger partial charge in [-0.2, -0.15) is 9.69 Å². The topological polar surface area (TPSA) is 185 Å². The van der Waals surface area contributed by atoms with Crippen LogP contribution < -0.4 is 29.5 Å². The van der Waals surface area contributed by atoms with Crippen LogP contribution in [0.3, 0.4) is 0 Å². The minimum atomic E-state index is -4.47. The first-order valence-electron chi connectivity index (χ1n) is 15.0. The number of aromatic nitrogens is 2. The van der Waals surface area contributed by atoms with Crippen molar-refractivity contribution < 1.29 is 32.3 Å². The number of aryl methyl sites for hydroxylation is 1. The lowest BCUT2D eigenvalue weighted by Gasteiger charge is -2.22. The molecule has 0 saturated carbocycles. The number of nitro groups is 1. The molecule has 1 amide bonds. The molecule has 1 aliphatic rings. The number of aliphatic imine (C=N–C) groups is 1. The number of amides is 1. The van der Waals surface area contributed by atoms with Gasteiger partial charge in [0.2, 0.25) is 5.75 Å². The number of nitrogens with one attached hydrogen (secondary N) is 1. The van der Waals surface area contributed by atoms with Crippen molar-refractivity contribution in [2.24, 2.45) is 4.99 Å². The molecule has 0 spiro atoms. The fraction of sp³-hybridized carbons (Fsp3) is 0.118. The van der Waals surface area contributed by atoms with Gasteiger partial charge >= 0.3 is 0 Å². The highest BCUT2D eigenvalue weighted by molar-refractivity contribution is 7.92. The first kappa shape index (κ1) is 35.8. The number of hydrogen-bond acceptors (Lipinski definition) is 11. The standard InChI is InChI=1S/C34H26Cl2N6O9S/c1-18-37-26-11-10-22(52(47,48)39-30-24(35)15-21(42(45)46)16-25(30)36)17-23(26)33(43)40(18)41-32(20-8-6-5-7-9-20)38-27(34(41)44)12-19-13-28(49-2)31(51-4)29(14-19)50-3/h5-17,39H,1-4H3. The van der Waals surface area contributed by atoms with Gasteiger partial charge in [-0.1, -0.05) is 53.5 Å². The van der Waals surface area contributed by atoms with Crippen molar-refractivity contribution in [3.05, 3.63) is 126 Å². The Kier molecular flexibility index (Phi) is 9.63. The summed E-state index contributed by atoms with van der Waals surface area (Å²) in [5, 5.41) is 11.5. The molecule has 4 aromatic carbocycles. The van der Waals surface area contributed by atoms with Gasteiger partial charge in [-0.15, -0.1) is 0 Å². The number of methoxy groups -OCH3 is 3. The van der Waals surface area contributed by atoms with Gasteiger partial charge < -0.3 is 14.2 Å². The van der Waals surface area contributed by atoms with Gasteiger partial charge in [0.05, 0.1) is 57.8 Å². The van der Waals surface area contributed by atoms with Gasteiger partial charge in [0.25, 0.3) is 27.2 Å². The molecule has 266 valence electrons. The lowest BCUT2D eigenvalue weighted by molar-refractivity contribution is -0.384. The number of anilines is 1. The van der Waals surface area contributed by atoms with Crippen LogP contribution in [0.4, 0.5) is 11.4 Å². The molecule has 0 bridgehead atoms. The molecule has 52 heavy (non-hydrogen) atoms. The molecular formula is C34H26Cl2N6O9S. The highest BCUT2D eigenvalue weighted by Crippen LogP contribution is 2.39. The Labute approximate surface area is 305 Å². The molecule has 5 aromatic rings. The maximum absolute atomic E-state index is 14.3. The molecular weight excluding hydrogens is 739 g/mol. The van der Waals surface area contributed by atoms with Crippen LogP contribution in [0.2, 0.25) is 10.0 Å². The van der Waals surface area contributed by atoms with Crippen molar-refractivity contribution in [1.82, 2.24) is 9.66 Å². The minimum absolute atomic E-state index is 0.0445. The summed E-state index contributed by atoms with van der Waals surface area (Å²) in [6.07, 6.45) is 1.50. The number of carbonyl (C=O) groups is 1. The van der Waals surface area contributed by atoms with Gasteiger partial charge in [0.15, 0.2) is 17.3 Å². The maximum atomic E-state index is 14.3. The van der Waals surface area contributed by atoms with E-state index in [2.05, 4.69) is 14.7 Å². The largest absolute Gasteiger partial charge is 0.493 e. The van der Waals surface area contributed by atoms with Crippen molar-refractivity contribution in [2.75, 3.05) is 31.1 Å². The predicted octanol–water partition coefficient (Wildman–Crippen LogP) is 5.71. The van der Waals surface area contributed by atoms with E-state index >= 15 is 0 Å². The number of nitro benzene ring substituents is 1. The summed E-state index contributed by atoms with van der Waals surface area (Å²) in [4.78, 5) is 47.7. The Morgan fingerprint density at radius 2 is 1.54 bits per heavy atom. The average molecular weight is 766 g/mol. The Morgan fingerprint density at radius 3 is 2.12 bits per heavy atom. The van der Waals surface area contributed by atoms with Gasteiger partial charge in [-0.25, -0.2) is 18.4 Å². The first-order chi connectivity index (χ1) is 24.8. The van der Waals surface area contributed by atoms with E-state index in [1.54, 1.807) is 42.5 Å². The van der Waals surface area contributed by atoms with Crippen LogP contribution in [0.5, 0.6) is 17.2 Å². The molecule has 0 atom stereocenters. The van der Waals surface area contributed by atoms with Crippen molar-refractivity contribution in [1.29, 1.82) is 0 Å². The normalized spacial score (nSPS) is 13.7. The predicted molar refractivity (Wildman–Crippen MR) is 195 cm³/mol. The molecule has 15 nitrogen and oxygen atoms in total. The summed E-state index contributed by atoms with van der Waals surface area (Å²) in [6, 6.07) is 17.5. The molecule has 1 aromatic heterocycles. The highest BCUT2D eigenvalue weighted by Gasteiger charge is 2.35. The zero-order valence-electron chi connectivity index (χ0n) is 27.6. The smallest absolute Gasteiger partial charge is 0.297 e. The van der Waals surface area contributed by atoms with Crippen LogP contribution >= 0.6 is 23.2 Å². The Morgan fingerprint density at radius 1 is 0.904 bits per heavy atom. The second-order valence-electron chi connectivity index (χ2n) is 11.0. The lowest BCUT2D eigenvalue weighted by Crippen LogP contribution is -2.49. The lowest BCUT2D eigenvalue weighted by atomic mass is 10.1. The van der Waals surface area contributed by atoms with Crippen molar-refractivity contribution in [3.63, 3.8) is 0 Å². The number of rotatable bonds is 10. The van der Waals surface area contributed by atoms with E-state index in [9.17, 15) is 28.1 Å². The third-order valence-electron chi connectivity index (χ3n) is 7.82. The van der Waals surface area contributed by atoms with E-state index in [-0.39, 0.29) is 48.9 Å². The monoisotopic (exact) mass is 764 g/mol. The average Bonchev–Trinajstić information content (AvgIpc) is 3.43. The number of ether oxygens (including phenoxy) is 3. The third-order valence-corrected chi connectivity index (χ3v) is 9.77. The van der Waals surface area contributed by atoms with Gasteiger partial charge in [0.1, 0.15) is 11.5 Å². The number of nitrogens with zero attached hydrogens (tertiary/aromatic N) is 5. The summed E-state index contributed by atoms with van der Waals surface area (Å²) in [5.41, 5.74) is -0.454. The second-order valence-corrected chi connectivity index (χ2v) is 13.5. The van der Waals surface area contributed by atoms with E-state index in [1.165, 1.54) is 46.5 Å². The molecule has 0 saturated heterocycles.